The Labute approximate surface area is 76.9 Å². The molecule has 0 spiro atoms. The van der Waals surface area contributed by atoms with E-state index in [1.807, 2.05) is 0 Å². The number of hydrogen-bond acceptors (Lipinski definition) is 1. The topological polar surface area (TPSA) is 89.0 Å². The van der Waals surface area contributed by atoms with Gasteiger partial charge in [-0.25, -0.2) is 4.79 Å². The van der Waals surface area contributed by atoms with Crippen LogP contribution in [0.3, 0.4) is 0 Å². The second-order valence-electron chi connectivity index (χ2n) is 0.283. The van der Waals surface area contributed by atoms with Gasteiger partial charge in [0.05, 0.1) is 0 Å². The van der Waals surface area contributed by atoms with Crippen LogP contribution in [0.2, 0.25) is 0 Å². The molecule has 5 heteroatoms. The molecule has 0 atom stereocenters. The predicted octanol–water partition coefficient (Wildman–Crippen LogP) is -1.25. The van der Waals surface area contributed by atoms with Gasteiger partial charge in [-0.15, -0.1) is 0 Å². The van der Waals surface area contributed by atoms with Crippen LogP contribution in [0.25, 0.3) is 0 Å². The van der Waals surface area contributed by atoms with Gasteiger partial charge in [0, 0.05) is 0 Å². The van der Waals surface area contributed by atoms with E-state index in [1.165, 1.54) is 0 Å². The van der Waals surface area contributed by atoms with Crippen molar-refractivity contribution in [1.82, 2.24) is 0 Å². The molecule has 6 heavy (non-hydrogen) atoms. The second kappa shape index (κ2) is 9.29. The minimum absolute atomic E-state index is 0. The SMILES string of the molecule is O.O=C(O)O.[KH]. The van der Waals surface area contributed by atoms with Crippen LogP contribution in [0.4, 0.5) is 4.79 Å². The number of rotatable bonds is 0. The Morgan fingerprint density at radius 3 is 1.33 bits per heavy atom. The standard InChI is InChI=1S/CH2O3.K.H2O.H/c2-1(3)4;;;/h(H2,2,3,4);;1H2;. The van der Waals surface area contributed by atoms with Crippen LogP contribution in [0.1, 0.15) is 0 Å². The predicted molar refractivity (Wildman–Crippen MR) is 21.4 cm³/mol. The van der Waals surface area contributed by atoms with Crippen LogP contribution < -0.4 is 0 Å². The van der Waals surface area contributed by atoms with Gasteiger partial charge in [0.15, 0.2) is 0 Å². The molecule has 4 nitrogen and oxygen atoms in total. The fourth-order valence-electron chi connectivity index (χ4n) is 0. The first kappa shape index (κ1) is 15.8. The molecule has 0 aromatic rings. The first-order valence-electron chi connectivity index (χ1n) is 0.651. The van der Waals surface area contributed by atoms with E-state index in [1.54, 1.807) is 0 Å². The van der Waals surface area contributed by atoms with Gasteiger partial charge >= 0.3 is 57.5 Å². The van der Waals surface area contributed by atoms with Crippen LogP contribution in [0.5, 0.6) is 0 Å². The Hall–Kier alpha value is 0.866. The number of carbonyl (C=O) groups is 1. The molecule has 0 aromatic carbocycles. The second-order valence-corrected chi connectivity index (χ2v) is 0.283. The molecular weight excluding hydrogens is 115 g/mol. The fourth-order valence-corrected chi connectivity index (χ4v) is 0. The van der Waals surface area contributed by atoms with E-state index in [4.69, 9.17) is 15.0 Å². The molecule has 0 aliphatic carbocycles. The average molecular weight is 120 g/mol. The molecule has 0 saturated carbocycles. The van der Waals surface area contributed by atoms with E-state index >= 15 is 0 Å². The summed E-state index contributed by atoms with van der Waals surface area (Å²) in [4.78, 5) is 8.56. The van der Waals surface area contributed by atoms with E-state index in [2.05, 4.69) is 0 Å². The van der Waals surface area contributed by atoms with E-state index in [-0.39, 0.29) is 56.9 Å². The Morgan fingerprint density at radius 2 is 1.33 bits per heavy atom. The van der Waals surface area contributed by atoms with E-state index in [9.17, 15) is 0 Å². The molecule has 0 bridgehead atoms. The first-order valence-corrected chi connectivity index (χ1v) is 0.651. The molecule has 0 radical (unpaired) electrons. The van der Waals surface area contributed by atoms with Gasteiger partial charge in [0.25, 0.3) is 0 Å². The Balaban J connectivity index is -0.0000000450. The molecule has 34 valence electrons. The summed E-state index contributed by atoms with van der Waals surface area (Å²) in [5.74, 6) is 0. The minimum atomic E-state index is -1.83. The van der Waals surface area contributed by atoms with Crippen LogP contribution in [-0.4, -0.2) is 73.2 Å². The third kappa shape index (κ3) is 96.9. The van der Waals surface area contributed by atoms with Gasteiger partial charge in [0.1, 0.15) is 0 Å². The molecule has 0 saturated heterocycles. The van der Waals surface area contributed by atoms with Crippen LogP contribution in [-0.2, 0) is 0 Å². The Morgan fingerprint density at radius 1 is 1.33 bits per heavy atom. The average Bonchev–Trinajstić information content (AvgIpc) is 0.811. The zero-order valence-electron chi connectivity index (χ0n) is 2.30. The van der Waals surface area contributed by atoms with E-state index in [0.717, 1.165) is 0 Å². The summed E-state index contributed by atoms with van der Waals surface area (Å²) < 4.78 is 0. The van der Waals surface area contributed by atoms with Gasteiger partial charge in [-0.3, -0.25) is 0 Å². The van der Waals surface area contributed by atoms with Gasteiger partial charge in [-0.05, 0) is 0 Å². The molecule has 4 N–H and O–H groups in total. The molecule has 0 rings (SSSR count). The van der Waals surface area contributed by atoms with Crippen molar-refractivity contribution in [3.05, 3.63) is 0 Å². The molecule has 0 aliphatic heterocycles. The van der Waals surface area contributed by atoms with Crippen molar-refractivity contribution < 1.29 is 20.5 Å². The van der Waals surface area contributed by atoms with Crippen LogP contribution in [0, 0.1) is 0 Å². The fraction of sp³-hybridized carbons (Fsp3) is 0. The molecule has 0 heterocycles. The summed E-state index contributed by atoms with van der Waals surface area (Å²) in [6, 6.07) is 0. The van der Waals surface area contributed by atoms with Crippen molar-refractivity contribution in [2.45, 2.75) is 0 Å². The maximum absolute atomic E-state index is 8.56. The monoisotopic (exact) mass is 120 g/mol. The summed E-state index contributed by atoms with van der Waals surface area (Å²) >= 11 is 0. The summed E-state index contributed by atoms with van der Waals surface area (Å²) in [5.41, 5.74) is 0. The maximum atomic E-state index is 8.56. The summed E-state index contributed by atoms with van der Waals surface area (Å²) in [5, 5.41) is 13.9. The van der Waals surface area contributed by atoms with Crippen molar-refractivity contribution >= 4 is 57.5 Å². The van der Waals surface area contributed by atoms with E-state index < -0.39 is 6.16 Å². The zero-order valence-corrected chi connectivity index (χ0v) is 2.30. The molecular formula is CH5KO4. The summed E-state index contributed by atoms with van der Waals surface area (Å²) in [7, 11) is 0. The molecule has 0 amide bonds. The van der Waals surface area contributed by atoms with Crippen molar-refractivity contribution in [3.63, 3.8) is 0 Å². The summed E-state index contributed by atoms with van der Waals surface area (Å²) in [6.45, 7) is 0. The van der Waals surface area contributed by atoms with Gasteiger partial charge in [0.2, 0.25) is 0 Å². The number of carboxylic acid groups (broad SMARTS) is 2. The molecule has 0 aromatic heterocycles. The Bertz CT molecular complexity index is 30.5. The van der Waals surface area contributed by atoms with Gasteiger partial charge in [-0.1, -0.05) is 0 Å². The normalized spacial score (nSPS) is 4.00. The van der Waals surface area contributed by atoms with Crippen molar-refractivity contribution in [1.29, 1.82) is 0 Å². The summed E-state index contributed by atoms with van der Waals surface area (Å²) in [6.07, 6.45) is -1.83. The van der Waals surface area contributed by atoms with E-state index in [0.29, 0.717) is 0 Å². The molecule has 0 unspecified atom stereocenters. The quantitative estimate of drug-likeness (QED) is 0.391. The van der Waals surface area contributed by atoms with Gasteiger partial charge < -0.3 is 15.7 Å². The Kier molecular flexibility index (Phi) is 24.5. The molecule has 0 aliphatic rings. The van der Waals surface area contributed by atoms with Crippen molar-refractivity contribution in [3.8, 4) is 0 Å². The first-order chi connectivity index (χ1) is 1.73. The van der Waals surface area contributed by atoms with Crippen LogP contribution >= 0.6 is 0 Å². The zero-order chi connectivity index (χ0) is 3.58. The van der Waals surface area contributed by atoms with Crippen LogP contribution in [0.15, 0.2) is 0 Å². The van der Waals surface area contributed by atoms with Crippen molar-refractivity contribution in [2.24, 2.45) is 0 Å². The third-order valence-corrected chi connectivity index (χ3v) is 0. The van der Waals surface area contributed by atoms with Gasteiger partial charge in [-0.2, -0.15) is 0 Å². The number of hydrogen-bond donors (Lipinski definition) is 2. The molecule has 0 fully saturated rings. The van der Waals surface area contributed by atoms with Crippen molar-refractivity contribution in [2.75, 3.05) is 0 Å². The third-order valence-electron chi connectivity index (χ3n) is 0.